The number of ether oxygens (including phenoxy) is 1. The number of nitrogens with zero attached hydrogens (tertiary/aromatic N) is 2. The van der Waals surface area contributed by atoms with Crippen LogP contribution in [0.2, 0.25) is 0 Å². The molecule has 0 aromatic heterocycles. The average Bonchev–Trinajstić information content (AvgIpc) is 2.97. The van der Waals surface area contributed by atoms with Gasteiger partial charge in [0.15, 0.2) is 0 Å². The SMILES string of the molecule is CCC(C)[C@H](NC(=O)C1(c2ccccc2)CCN(C(=O)[C@@H]2Cc3ccccc3CN2C(=O)OC(C)(C)C)CC1)C(=O)O. The Labute approximate surface area is 248 Å². The van der Waals surface area contributed by atoms with E-state index in [1.165, 1.54) is 4.90 Å². The molecule has 9 heteroatoms. The fraction of sp³-hybridized carbons (Fsp3) is 0.515. The summed E-state index contributed by atoms with van der Waals surface area (Å²) in [5.41, 5.74) is 1.11. The van der Waals surface area contributed by atoms with Crippen LogP contribution in [0.5, 0.6) is 0 Å². The van der Waals surface area contributed by atoms with E-state index < -0.39 is 35.2 Å². The first-order valence-corrected chi connectivity index (χ1v) is 14.8. The Hall–Kier alpha value is -3.88. The van der Waals surface area contributed by atoms with E-state index in [0.29, 0.717) is 38.8 Å². The van der Waals surface area contributed by atoms with Crippen LogP contribution in [0.1, 0.15) is 70.6 Å². The van der Waals surface area contributed by atoms with Crippen LogP contribution >= 0.6 is 0 Å². The zero-order chi connectivity index (χ0) is 30.7. The van der Waals surface area contributed by atoms with Crippen LogP contribution in [0.3, 0.4) is 0 Å². The van der Waals surface area contributed by atoms with Gasteiger partial charge >= 0.3 is 12.1 Å². The Kier molecular flexibility index (Phi) is 9.28. The van der Waals surface area contributed by atoms with Crippen molar-refractivity contribution < 1.29 is 29.0 Å². The number of carboxylic acid groups (broad SMARTS) is 1. The van der Waals surface area contributed by atoms with Crippen molar-refractivity contribution >= 4 is 23.9 Å². The second-order valence-corrected chi connectivity index (χ2v) is 12.5. The molecule has 1 saturated heterocycles. The van der Waals surface area contributed by atoms with Gasteiger partial charge in [-0.3, -0.25) is 14.5 Å². The third-order valence-electron chi connectivity index (χ3n) is 8.62. The topological polar surface area (TPSA) is 116 Å². The number of hydrogen-bond acceptors (Lipinski definition) is 5. The molecule has 0 spiro atoms. The lowest BCUT2D eigenvalue weighted by molar-refractivity contribution is -0.145. The van der Waals surface area contributed by atoms with Gasteiger partial charge in [0.1, 0.15) is 17.7 Å². The molecule has 2 aromatic carbocycles. The quantitative estimate of drug-likeness (QED) is 0.500. The van der Waals surface area contributed by atoms with E-state index in [9.17, 15) is 24.3 Å². The third kappa shape index (κ3) is 6.61. The van der Waals surface area contributed by atoms with Crippen LogP contribution in [-0.4, -0.2) is 69.6 Å². The Morgan fingerprint density at radius 1 is 1.00 bits per heavy atom. The molecule has 2 aliphatic heterocycles. The Morgan fingerprint density at radius 3 is 2.17 bits per heavy atom. The lowest BCUT2D eigenvalue weighted by atomic mass is 9.71. The second-order valence-electron chi connectivity index (χ2n) is 12.5. The first-order chi connectivity index (χ1) is 19.9. The summed E-state index contributed by atoms with van der Waals surface area (Å²) in [5, 5.41) is 12.7. The van der Waals surface area contributed by atoms with E-state index in [1.807, 2.05) is 68.4 Å². The van der Waals surface area contributed by atoms with E-state index >= 15 is 0 Å². The van der Waals surface area contributed by atoms with Gasteiger partial charge in [-0.25, -0.2) is 9.59 Å². The normalized spacial score (nSPS) is 19.7. The molecule has 1 unspecified atom stereocenters. The number of fused-ring (bicyclic) bond motifs is 1. The average molecular weight is 578 g/mol. The summed E-state index contributed by atoms with van der Waals surface area (Å²) < 4.78 is 5.68. The maximum absolute atomic E-state index is 14.1. The number of piperidine rings is 1. The van der Waals surface area contributed by atoms with Crippen molar-refractivity contribution in [2.75, 3.05) is 13.1 Å². The van der Waals surface area contributed by atoms with Gasteiger partial charge in [-0.15, -0.1) is 0 Å². The smallest absolute Gasteiger partial charge is 0.411 e. The molecule has 1 fully saturated rings. The predicted octanol–water partition coefficient (Wildman–Crippen LogP) is 4.52. The zero-order valence-corrected chi connectivity index (χ0v) is 25.3. The lowest BCUT2D eigenvalue weighted by Gasteiger charge is -2.44. The number of hydrogen-bond donors (Lipinski definition) is 2. The molecule has 0 bridgehead atoms. The van der Waals surface area contributed by atoms with Crippen LogP contribution in [0.25, 0.3) is 0 Å². The van der Waals surface area contributed by atoms with Gasteiger partial charge in [0.2, 0.25) is 11.8 Å². The number of carbonyl (C=O) groups is 4. The molecule has 2 aromatic rings. The van der Waals surface area contributed by atoms with Crippen molar-refractivity contribution in [2.45, 2.75) is 89.9 Å². The summed E-state index contributed by atoms with van der Waals surface area (Å²) in [7, 11) is 0. The molecule has 2 aliphatic rings. The molecule has 0 aliphatic carbocycles. The van der Waals surface area contributed by atoms with Gasteiger partial charge in [0.25, 0.3) is 0 Å². The molecule has 2 N–H and O–H groups in total. The molecule has 4 rings (SSSR count). The van der Waals surface area contributed by atoms with Gasteiger partial charge in [0, 0.05) is 19.5 Å². The first kappa shape index (κ1) is 31.1. The summed E-state index contributed by atoms with van der Waals surface area (Å²) in [5.74, 6) is -1.82. The number of carboxylic acids is 1. The molecule has 0 radical (unpaired) electrons. The van der Waals surface area contributed by atoms with Gasteiger partial charge in [-0.05, 0) is 56.2 Å². The molecular weight excluding hydrogens is 534 g/mol. The van der Waals surface area contributed by atoms with E-state index in [2.05, 4.69) is 5.32 Å². The largest absolute Gasteiger partial charge is 0.480 e. The van der Waals surface area contributed by atoms with Crippen molar-refractivity contribution in [3.05, 3.63) is 71.3 Å². The Balaban J connectivity index is 1.58. The van der Waals surface area contributed by atoms with E-state index in [0.717, 1.165) is 16.7 Å². The molecule has 9 nitrogen and oxygen atoms in total. The second kappa shape index (κ2) is 12.5. The number of benzene rings is 2. The van der Waals surface area contributed by atoms with Gasteiger partial charge in [-0.1, -0.05) is 74.9 Å². The van der Waals surface area contributed by atoms with Crippen LogP contribution in [0.4, 0.5) is 4.79 Å². The van der Waals surface area contributed by atoms with Crippen molar-refractivity contribution in [3.63, 3.8) is 0 Å². The Bertz CT molecular complexity index is 1300. The van der Waals surface area contributed by atoms with Crippen LogP contribution in [-0.2, 0) is 37.5 Å². The van der Waals surface area contributed by atoms with Gasteiger partial charge in [0.05, 0.1) is 12.0 Å². The maximum atomic E-state index is 14.1. The Morgan fingerprint density at radius 2 is 1.60 bits per heavy atom. The summed E-state index contributed by atoms with van der Waals surface area (Å²) in [4.78, 5) is 56.5. The summed E-state index contributed by atoms with van der Waals surface area (Å²) in [6.45, 7) is 9.98. The highest BCUT2D eigenvalue weighted by atomic mass is 16.6. The highest BCUT2D eigenvalue weighted by Crippen LogP contribution is 2.37. The monoisotopic (exact) mass is 577 g/mol. The molecule has 2 heterocycles. The van der Waals surface area contributed by atoms with Gasteiger partial charge < -0.3 is 20.1 Å². The highest BCUT2D eigenvalue weighted by molar-refractivity contribution is 5.92. The molecule has 3 atom stereocenters. The first-order valence-electron chi connectivity index (χ1n) is 14.8. The summed E-state index contributed by atoms with van der Waals surface area (Å²) in [6, 6.07) is 15.4. The predicted molar refractivity (Wildman–Crippen MR) is 159 cm³/mol. The minimum Gasteiger partial charge on any atom is -0.480 e. The molecule has 226 valence electrons. The van der Waals surface area contributed by atoms with Crippen LogP contribution < -0.4 is 5.32 Å². The fourth-order valence-electron chi connectivity index (χ4n) is 5.94. The number of amides is 3. The van der Waals surface area contributed by atoms with Crippen molar-refractivity contribution in [2.24, 2.45) is 5.92 Å². The molecule has 3 amide bonds. The number of nitrogens with one attached hydrogen (secondary N) is 1. The number of carbonyl (C=O) groups excluding carboxylic acids is 3. The van der Waals surface area contributed by atoms with E-state index in [-0.39, 0.29) is 24.3 Å². The molecular formula is C33H43N3O6. The van der Waals surface area contributed by atoms with Crippen LogP contribution in [0, 0.1) is 5.92 Å². The molecule has 42 heavy (non-hydrogen) atoms. The standard InChI is InChI=1S/C33H43N3O6/c1-6-22(2)27(29(38)39)34-30(40)33(25-14-8-7-9-15-25)16-18-35(19-17-33)28(37)26-20-23-12-10-11-13-24(23)21-36(26)31(41)42-32(3,4)5/h7-15,22,26-27H,6,16-21H2,1-5H3,(H,34,40)(H,38,39)/t22?,26-,27-/m0/s1. The summed E-state index contributed by atoms with van der Waals surface area (Å²) >= 11 is 0. The van der Waals surface area contributed by atoms with E-state index in [4.69, 9.17) is 4.74 Å². The molecule has 0 saturated carbocycles. The van der Waals surface area contributed by atoms with Crippen molar-refractivity contribution in [1.29, 1.82) is 0 Å². The minimum absolute atomic E-state index is 0.180. The zero-order valence-electron chi connectivity index (χ0n) is 25.3. The lowest BCUT2D eigenvalue weighted by Crippen LogP contribution is -2.59. The van der Waals surface area contributed by atoms with E-state index in [1.54, 1.807) is 25.7 Å². The maximum Gasteiger partial charge on any atom is 0.411 e. The summed E-state index contributed by atoms with van der Waals surface area (Å²) in [6.07, 6.45) is 1.12. The van der Waals surface area contributed by atoms with Crippen LogP contribution in [0.15, 0.2) is 54.6 Å². The van der Waals surface area contributed by atoms with Crippen molar-refractivity contribution in [1.82, 2.24) is 15.1 Å². The van der Waals surface area contributed by atoms with Crippen molar-refractivity contribution in [3.8, 4) is 0 Å². The highest BCUT2D eigenvalue weighted by Gasteiger charge is 2.47. The number of rotatable bonds is 7. The van der Waals surface area contributed by atoms with Gasteiger partial charge in [-0.2, -0.15) is 0 Å². The third-order valence-corrected chi connectivity index (χ3v) is 8.62. The fourth-order valence-corrected chi connectivity index (χ4v) is 5.94. The number of aliphatic carboxylic acids is 1. The number of likely N-dealkylation sites (tertiary alicyclic amines) is 1. The minimum atomic E-state index is -1.06.